The second kappa shape index (κ2) is 7.49. The van der Waals surface area contributed by atoms with Crippen LogP contribution in [-0.4, -0.2) is 18.1 Å². The first-order valence-corrected chi connectivity index (χ1v) is 8.56. The molecule has 0 saturated heterocycles. The lowest BCUT2D eigenvalue weighted by Crippen LogP contribution is -2.04. The first kappa shape index (κ1) is 16.5. The normalized spacial score (nSPS) is 10.6. The van der Waals surface area contributed by atoms with E-state index in [1.54, 1.807) is 0 Å². The lowest BCUT2D eigenvalue weighted by molar-refractivity contribution is 0.0599. The Morgan fingerprint density at radius 3 is 2.54 bits per heavy atom. The van der Waals surface area contributed by atoms with Gasteiger partial charge in [-0.1, -0.05) is 58.4 Å². The molecule has 4 heteroatoms. The van der Waals surface area contributed by atoms with Crippen LogP contribution in [0.2, 0.25) is 0 Å². The zero-order valence-electron chi connectivity index (χ0n) is 13.4. The third-order valence-electron chi connectivity index (χ3n) is 3.95. The zero-order chi connectivity index (χ0) is 16.9. The van der Waals surface area contributed by atoms with Gasteiger partial charge in [0.25, 0.3) is 0 Å². The molecule has 0 radical (unpaired) electrons. The van der Waals surface area contributed by atoms with Crippen molar-refractivity contribution < 1.29 is 9.53 Å². The fourth-order valence-electron chi connectivity index (χ4n) is 2.71. The topological polar surface area (TPSA) is 42.1 Å². The number of halogens is 1. The van der Waals surface area contributed by atoms with Crippen molar-refractivity contribution in [3.05, 3.63) is 82.0 Å². The second-order valence-electron chi connectivity index (χ2n) is 5.56. The minimum absolute atomic E-state index is 0.310. The van der Waals surface area contributed by atoms with Gasteiger partial charge in [0.2, 0.25) is 0 Å². The number of rotatable bonds is 5. The van der Waals surface area contributed by atoms with E-state index in [2.05, 4.69) is 33.0 Å². The molecule has 0 saturated carbocycles. The molecule has 0 spiro atoms. The quantitative estimate of drug-likeness (QED) is 0.628. The van der Waals surface area contributed by atoms with Gasteiger partial charge in [0.1, 0.15) is 0 Å². The molecule has 0 bridgehead atoms. The van der Waals surface area contributed by atoms with Gasteiger partial charge in [-0.05, 0) is 42.2 Å². The molecule has 0 fully saturated rings. The summed E-state index contributed by atoms with van der Waals surface area (Å²) in [6.45, 7) is 0. The number of carbonyl (C=O) groups excluding carboxylic acids is 1. The van der Waals surface area contributed by atoms with Crippen LogP contribution in [0.15, 0.2) is 65.1 Å². The van der Waals surface area contributed by atoms with Gasteiger partial charge >= 0.3 is 5.97 Å². The van der Waals surface area contributed by atoms with Crippen molar-refractivity contribution in [3.63, 3.8) is 0 Å². The van der Waals surface area contributed by atoms with Gasteiger partial charge in [-0.15, -0.1) is 0 Å². The first-order valence-electron chi connectivity index (χ1n) is 7.77. The number of esters is 1. The summed E-state index contributed by atoms with van der Waals surface area (Å²) in [5, 5.41) is 0. The highest BCUT2D eigenvalue weighted by Crippen LogP contribution is 2.26. The summed E-state index contributed by atoms with van der Waals surface area (Å²) in [7, 11) is 1.41. The van der Waals surface area contributed by atoms with E-state index < -0.39 is 0 Å². The number of aryl methyl sites for hydroxylation is 2. The van der Waals surface area contributed by atoms with E-state index in [9.17, 15) is 4.79 Å². The van der Waals surface area contributed by atoms with Gasteiger partial charge in [0, 0.05) is 15.9 Å². The standard InChI is InChI=1S/C20H18BrNO2/c1-24-20(23)17-13-19(15-8-5-9-16(21)12-15)22-18(17)11-10-14-6-3-2-4-7-14/h2-9,12-13,22H,10-11H2,1H3. The van der Waals surface area contributed by atoms with Gasteiger partial charge in [0.15, 0.2) is 0 Å². The number of hydrogen-bond acceptors (Lipinski definition) is 2. The van der Waals surface area contributed by atoms with Crippen LogP contribution in [0.4, 0.5) is 0 Å². The number of methoxy groups -OCH3 is 1. The molecule has 0 amide bonds. The molecule has 1 N–H and O–H groups in total. The molecule has 3 aromatic rings. The van der Waals surface area contributed by atoms with Crippen LogP contribution in [0, 0.1) is 0 Å². The molecule has 0 unspecified atom stereocenters. The minimum atomic E-state index is -0.310. The molecule has 3 nitrogen and oxygen atoms in total. The van der Waals surface area contributed by atoms with Crippen molar-refractivity contribution in [2.75, 3.05) is 7.11 Å². The maximum absolute atomic E-state index is 12.1. The highest BCUT2D eigenvalue weighted by atomic mass is 79.9. The van der Waals surface area contributed by atoms with Crippen LogP contribution in [0.3, 0.4) is 0 Å². The van der Waals surface area contributed by atoms with E-state index in [1.807, 2.05) is 48.5 Å². The van der Waals surface area contributed by atoms with Crippen molar-refractivity contribution in [2.45, 2.75) is 12.8 Å². The molecule has 0 atom stereocenters. The summed E-state index contributed by atoms with van der Waals surface area (Å²) < 4.78 is 5.93. The zero-order valence-corrected chi connectivity index (χ0v) is 15.0. The van der Waals surface area contributed by atoms with Crippen molar-refractivity contribution >= 4 is 21.9 Å². The van der Waals surface area contributed by atoms with Gasteiger partial charge in [-0.25, -0.2) is 4.79 Å². The Kier molecular flexibility index (Phi) is 5.16. The molecular formula is C20H18BrNO2. The Balaban J connectivity index is 1.90. The van der Waals surface area contributed by atoms with E-state index in [4.69, 9.17) is 4.74 Å². The van der Waals surface area contributed by atoms with Crippen LogP contribution >= 0.6 is 15.9 Å². The third-order valence-corrected chi connectivity index (χ3v) is 4.44. The highest BCUT2D eigenvalue weighted by molar-refractivity contribution is 9.10. The van der Waals surface area contributed by atoms with Crippen molar-refractivity contribution in [1.82, 2.24) is 4.98 Å². The molecule has 2 aromatic carbocycles. The number of carbonyl (C=O) groups is 1. The summed E-state index contributed by atoms with van der Waals surface area (Å²) >= 11 is 3.48. The smallest absolute Gasteiger partial charge is 0.339 e. The summed E-state index contributed by atoms with van der Waals surface area (Å²) in [6.07, 6.45) is 1.62. The molecule has 24 heavy (non-hydrogen) atoms. The summed E-state index contributed by atoms with van der Waals surface area (Å²) in [4.78, 5) is 15.5. The van der Waals surface area contributed by atoms with Crippen LogP contribution in [0.5, 0.6) is 0 Å². The molecule has 122 valence electrons. The van der Waals surface area contributed by atoms with Crippen molar-refractivity contribution in [3.8, 4) is 11.3 Å². The van der Waals surface area contributed by atoms with Gasteiger partial charge in [-0.3, -0.25) is 0 Å². The fraction of sp³-hybridized carbons (Fsp3) is 0.150. The molecule has 1 heterocycles. The number of H-pyrrole nitrogens is 1. The number of aromatic nitrogens is 1. The second-order valence-corrected chi connectivity index (χ2v) is 6.48. The Labute approximate surface area is 149 Å². The number of hydrogen-bond donors (Lipinski definition) is 1. The Morgan fingerprint density at radius 1 is 1.04 bits per heavy atom. The van der Waals surface area contributed by atoms with Gasteiger partial charge < -0.3 is 9.72 Å². The van der Waals surface area contributed by atoms with E-state index in [0.717, 1.165) is 34.3 Å². The van der Waals surface area contributed by atoms with Crippen molar-refractivity contribution in [2.24, 2.45) is 0 Å². The predicted molar refractivity (Wildman–Crippen MR) is 99.1 cm³/mol. The number of nitrogens with one attached hydrogen (secondary N) is 1. The molecule has 3 rings (SSSR count). The maximum atomic E-state index is 12.1. The summed E-state index contributed by atoms with van der Waals surface area (Å²) in [5.41, 5.74) is 4.69. The first-order chi connectivity index (χ1) is 11.7. The van der Waals surface area contributed by atoms with E-state index in [0.29, 0.717) is 5.56 Å². The highest BCUT2D eigenvalue weighted by Gasteiger charge is 2.16. The largest absolute Gasteiger partial charge is 0.465 e. The molecule has 0 aliphatic heterocycles. The lowest BCUT2D eigenvalue weighted by Gasteiger charge is -2.03. The monoisotopic (exact) mass is 383 g/mol. The van der Waals surface area contributed by atoms with Crippen LogP contribution in [0.1, 0.15) is 21.6 Å². The van der Waals surface area contributed by atoms with E-state index in [-0.39, 0.29) is 5.97 Å². The minimum Gasteiger partial charge on any atom is -0.465 e. The van der Waals surface area contributed by atoms with Gasteiger partial charge in [0.05, 0.1) is 12.7 Å². The summed E-state index contributed by atoms with van der Waals surface area (Å²) in [6, 6.07) is 20.1. The summed E-state index contributed by atoms with van der Waals surface area (Å²) in [5.74, 6) is -0.310. The van der Waals surface area contributed by atoms with Crippen molar-refractivity contribution in [1.29, 1.82) is 0 Å². The number of benzene rings is 2. The third kappa shape index (κ3) is 3.77. The Bertz CT molecular complexity index is 840. The Hall–Kier alpha value is -2.33. The van der Waals surface area contributed by atoms with Crippen LogP contribution in [-0.2, 0) is 17.6 Å². The average molecular weight is 384 g/mol. The average Bonchev–Trinajstić information content (AvgIpc) is 3.04. The number of ether oxygens (including phenoxy) is 1. The molecule has 1 aromatic heterocycles. The molecule has 0 aliphatic carbocycles. The maximum Gasteiger partial charge on any atom is 0.339 e. The van der Waals surface area contributed by atoms with Crippen LogP contribution < -0.4 is 0 Å². The molecule has 0 aliphatic rings. The lowest BCUT2D eigenvalue weighted by atomic mass is 10.1. The van der Waals surface area contributed by atoms with E-state index in [1.165, 1.54) is 12.7 Å². The van der Waals surface area contributed by atoms with Crippen LogP contribution in [0.25, 0.3) is 11.3 Å². The Morgan fingerprint density at radius 2 is 1.83 bits per heavy atom. The predicted octanol–water partition coefficient (Wildman–Crippen LogP) is 5.02. The van der Waals surface area contributed by atoms with E-state index >= 15 is 0 Å². The number of aromatic amines is 1. The fourth-order valence-corrected chi connectivity index (χ4v) is 3.11. The molecular weight excluding hydrogens is 366 g/mol. The van der Waals surface area contributed by atoms with Gasteiger partial charge in [-0.2, -0.15) is 0 Å². The SMILES string of the molecule is COC(=O)c1cc(-c2cccc(Br)c2)[nH]c1CCc1ccccc1.